The van der Waals surface area contributed by atoms with Gasteiger partial charge in [0.1, 0.15) is 23.4 Å². The van der Waals surface area contributed by atoms with E-state index in [0.717, 1.165) is 24.8 Å². The summed E-state index contributed by atoms with van der Waals surface area (Å²) in [6, 6.07) is 6.19. The second-order valence-corrected chi connectivity index (χ2v) is 8.03. The van der Waals surface area contributed by atoms with E-state index in [9.17, 15) is 13.6 Å². The lowest BCUT2D eigenvalue weighted by Gasteiger charge is -2.26. The van der Waals surface area contributed by atoms with Crippen LogP contribution >= 0.6 is 0 Å². The minimum Gasteiger partial charge on any atom is -0.481 e. The molecule has 2 heterocycles. The van der Waals surface area contributed by atoms with Crippen LogP contribution in [0.5, 0.6) is 5.88 Å². The fraction of sp³-hybridized carbons (Fsp3) is 0.455. The van der Waals surface area contributed by atoms with E-state index in [1.54, 1.807) is 11.0 Å². The lowest BCUT2D eigenvalue weighted by atomic mass is 9.96. The van der Waals surface area contributed by atoms with Crippen LogP contribution in [-0.4, -0.2) is 35.3 Å². The van der Waals surface area contributed by atoms with Crippen molar-refractivity contribution < 1.29 is 23.4 Å². The number of rotatable bonds is 6. The van der Waals surface area contributed by atoms with Crippen molar-refractivity contribution in [2.24, 2.45) is 5.92 Å². The molecule has 0 bridgehead atoms. The van der Waals surface area contributed by atoms with E-state index in [1.165, 1.54) is 12.1 Å². The quantitative estimate of drug-likeness (QED) is 0.767. The molecule has 0 spiro atoms. The number of aliphatic carboxylic acids is 1. The number of anilines is 1. The molecule has 1 unspecified atom stereocenters. The average Bonchev–Trinajstić information content (AvgIpc) is 3.04. The van der Waals surface area contributed by atoms with Gasteiger partial charge < -0.3 is 14.7 Å². The van der Waals surface area contributed by atoms with Crippen LogP contribution in [0, 0.1) is 24.5 Å². The molecule has 1 aromatic carbocycles. The smallest absolute Gasteiger partial charge is 0.303 e. The molecular weight excluding hydrogens is 378 g/mol. The second-order valence-electron chi connectivity index (χ2n) is 8.03. The number of ether oxygens (including phenoxy) is 1. The first-order valence-corrected chi connectivity index (χ1v) is 10.0. The molecule has 4 rings (SSSR count). The zero-order valence-corrected chi connectivity index (χ0v) is 16.3. The third kappa shape index (κ3) is 4.33. The first kappa shape index (κ1) is 19.6. The van der Waals surface area contributed by atoms with Gasteiger partial charge >= 0.3 is 5.97 Å². The summed E-state index contributed by atoms with van der Waals surface area (Å²) >= 11 is 0. The van der Waals surface area contributed by atoms with Gasteiger partial charge in [0.05, 0.1) is 5.69 Å². The number of carboxylic acid groups (broad SMARTS) is 1. The number of nitrogens with zero attached hydrogens (tertiary/aromatic N) is 2. The van der Waals surface area contributed by atoms with E-state index in [0.29, 0.717) is 36.6 Å². The average molecular weight is 402 g/mol. The van der Waals surface area contributed by atoms with Crippen LogP contribution in [0.1, 0.15) is 37.7 Å². The van der Waals surface area contributed by atoms with Gasteiger partial charge in [0.2, 0.25) is 5.88 Å². The second kappa shape index (κ2) is 7.97. The number of pyridine rings is 1. The van der Waals surface area contributed by atoms with Crippen molar-refractivity contribution in [3.63, 3.8) is 0 Å². The summed E-state index contributed by atoms with van der Waals surface area (Å²) < 4.78 is 35.6. The topological polar surface area (TPSA) is 62.7 Å². The first-order valence-electron chi connectivity index (χ1n) is 10.0. The number of hydrogen-bond acceptors (Lipinski definition) is 4. The molecule has 1 aliphatic carbocycles. The molecule has 2 aliphatic rings. The van der Waals surface area contributed by atoms with Crippen LogP contribution in [0.3, 0.4) is 0 Å². The fourth-order valence-electron chi connectivity index (χ4n) is 3.97. The van der Waals surface area contributed by atoms with Crippen LogP contribution in [0.25, 0.3) is 11.3 Å². The largest absolute Gasteiger partial charge is 0.481 e. The van der Waals surface area contributed by atoms with Gasteiger partial charge in [-0.15, -0.1) is 0 Å². The standard InChI is InChI=1S/C22H24F2N2O3/c1-13-7-19(25-20(8-13)29-16-3-2-4-16)15-10-17(23)22(18(24)11-15)26-6-5-14(12-26)9-21(27)28/h7-8,10-11,14,16H,2-6,9,12H2,1H3,(H,27,28). The predicted molar refractivity (Wildman–Crippen MR) is 105 cm³/mol. The Morgan fingerprint density at radius 3 is 2.55 bits per heavy atom. The molecule has 29 heavy (non-hydrogen) atoms. The van der Waals surface area contributed by atoms with Gasteiger partial charge in [-0.1, -0.05) is 0 Å². The van der Waals surface area contributed by atoms with Crippen molar-refractivity contribution in [3.05, 3.63) is 41.5 Å². The van der Waals surface area contributed by atoms with E-state index >= 15 is 0 Å². The van der Waals surface area contributed by atoms with Gasteiger partial charge in [0.25, 0.3) is 0 Å². The summed E-state index contributed by atoms with van der Waals surface area (Å²) in [5, 5.41) is 8.94. The Morgan fingerprint density at radius 2 is 1.93 bits per heavy atom. The highest BCUT2D eigenvalue weighted by molar-refractivity contribution is 5.68. The molecule has 1 saturated carbocycles. The van der Waals surface area contributed by atoms with E-state index < -0.39 is 17.6 Å². The summed E-state index contributed by atoms with van der Waals surface area (Å²) in [4.78, 5) is 16.9. The number of benzene rings is 1. The Balaban J connectivity index is 1.58. The Kier molecular flexibility index (Phi) is 5.39. The van der Waals surface area contributed by atoms with Gasteiger partial charge in [-0.2, -0.15) is 0 Å². The lowest BCUT2D eigenvalue weighted by molar-refractivity contribution is -0.137. The highest BCUT2D eigenvalue weighted by atomic mass is 19.1. The van der Waals surface area contributed by atoms with Gasteiger partial charge in [0, 0.05) is 31.1 Å². The number of aryl methyl sites for hydroxylation is 1. The zero-order valence-electron chi connectivity index (χ0n) is 16.3. The van der Waals surface area contributed by atoms with Crippen molar-refractivity contribution in [2.75, 3.05) is 18.0 Å². The van der Waals surface area contributed by atoms with Gasteiger partial charge in [0.15, 0.2) is 0 Å². The summed E-state index contributed by atoms with van der Waals surface area (Å²) in [6.07, 6.45) is 3.93. The van der Waals surface area contributed by atoms with E-state index in [-0.39, 0.29) is 24.1 Å². The number of carbonyl (C=O) groups is 1. The molecule has 7 heteroatoms. The monoisotopic (exact) mass is 402 g/mol. The van der Waals surface area contributed by atoms with Gasteiger partial charge in [-0.3, -0.25) is 4.79 Å². The van der Waals surface area contributed by atoms with Crippen LogP contribution in [-0.2, 0) is 4.79 Å². The van der Waals surface area contributed by atoms with Gasteiger partial charge in [-0.05, 0) is 62.3 Å². The predicted octanol–water partition coefficient (Wildman–Crippen LogP) is 4.57. The maximum atomic E-state index is 14.9. The molecule has 0 amide bonds. The number of aromatic nitrogens is 1. The molecule has 154 valence electrons. The number of carboxylic acids is 1. The van der Waals surface area contributed by atoms with Crippen molar-refractivity contribution in [1.29, 1.82) is 0 Å². The SMILES string of the molecule is Cc1cc(OC2CCC2)nc(-c2cc(F)c(N3CCC(CC(=O)O)C3)c(F)c2)c1. The lowest BCUT2D eigenvalue weighted by Crippen LogP contribution is -2.25. The van der Waals surface area contributed by atoms with Crippen LogP contribution in [0.15, 0.2) is 24.3 Å². The molecule has 1 N–H and O–H groups in total. The normalized spacial score (nSPS) is 19.3. The maximum Gasteiger partial charge on any atom is 0.303 e. The fourth-order valence-corrected chi connectivity index (χ4v) is 3.97. The summed E-state index contributed by atoms with van der Waals surface area (Å²) in [5.41, 5.74) is 1.63. The highest BCUT2D eigenvalue weighted by Gasteiger charge is 2.29. The van der Waals surface area contributed by atoms with Crippen molar-refractivity contribution in [1.82, 2.24) is 4.98 Å². The Hall–Kier alpha value is -2.70. The third-order valence-corrected chi connectivity index (χ3v) is 5.66. The van der Waals surface area contributed by atoms with E-state index in [2.05, 4.69) is 4.98 Å². The Labute approximate surface area is 168 Å². The zero-order chi connectivity index (χ0) is 20.5. The molecule has 2 aromatic rings. The molecule has 1 saturated heterocycles. The molecule has 5 nitrogen and oxygen atoms in total. The van der Waals surface area contributed by atoms with Crippen LogP contribution < -0.4 is 9.64 Å². The van der Waals surface area contributed by atoms with Crippen LogP contribution in [0.4, 0.5) is 14.5 Å². The van der Waals surface area contributed by atoms with E-state index in [1.807, 2.05) is 13.0 Å². The van der Waals surface area contributed by atoms with Crippen LogP contribution in [0.2, 0.25) is 0 Å². The van der Waals surface area contributed by atoms with Gasteiger partial charge in [-0.25, -0.2) is 13.8 Å². The maximum absolute atomic E-state index is 14.9. The Morgan fingerprint density at radius 1 is 1.21 bits per heavy atom. The number of hydrogen-bond donors (Lipinski definition) is 1. The first-order chi connectivity index (χ1) is 13.9. The summed E-state index contributed by atoms with van der Waals surface area (Å²) in [6.45, 7) is 2.67. The highest BCUT2D eigenvalue weighted by Crippen LogP contribution is 2.34. The minimum atomic E-state index is -0.890. The van der Waals surface area contributed by atoms with Crippen molar-refractivity contribution in [2.45, 2.75) is 45.1 Å². The Bertz CT molecular complexity index is 907. The number of halogens is 2. The minimum absolute atomic E-state index is 0.00873. The summed E-state index contributed by atoms with van der Waals surface area (Å²) in [5.74, 6) is -1.85. The van der Waals surface area contributed by atoms with Crippen molar-refractivity contribution >= 4 is 11.7 Å². The van der Waals surface area contributed by atoms with Crippen molar-refractivity contribution in [3.8, 4) is 17.1 Å². The molecule has 0 radical (unpaired) electrons. The molecule has 1 aliphatic heterocycles. The molecule has 2 fully saturated rings. The molecule has 1 atom stereocenters. The van der Waals surface area contributed by atoms with E-state index in [4.69, 9.17) is 9.84 Å². The molecular formula is C22H24F2N2O3. The third-order valence-electron chi connectivity index (χ3n) is 5.66. The summed E-state index contributed by atoms with van der Waals surface area (Å²) in [7, 11) is 0. The molecule has 1 aromatic heterocycles.